The lowest BCUT2D eigenvalue weighted by molar-refractivity contribution is -0.134. The van der Waals surface area contributed by atoms with Crippen LogP contribution in [0.5, 0.6) is 11.5 Å². The summed E-state index contributed by atoms with van der Waals surface area (Å²) in [5.74, 6) is 0.498. The molecule has 1 fully saturated rings. The van der Waals surface area contributed by atoms with E-state index in [2.05, 4.69) is 10.6 Å². The monoisotopic (exact) mass is 439 g/mol. The second-order valence-corrected chi connectivity index (χ2v) is 7.56. The Labute approximate surface area is 187 Å². The number of imide groups is 1. The smallest absolute Gasteiger partial charge is 0.325 e. The van der Waals surface area contributed by atoms with E-state index in [0.717, 1.165) is 10.5 Å². The van der Waals surface area contributed by atoms with Crippen LogP contribution in [0.25, 0.3) is 0 Å². The van der Waals surface area contributed by atoms with Gasteiger partial charge in [0.2, 0.25) is 5.91 Å². The van der Waals surface area contributed by atoms with Crippen molar-refractivity contribution in [3.63, 3.8) is 0 Å². The number of amides is 4. The molecule has 0 radical (unpaired) electrons. The minimum atomic E-state index is -1.18. The van der Waals surface area contributed by atoms with Crippen LogP contribution in [-0.4, -0.2) is 49.0 Å². The minimum Gasteiger partial charge on any atom is -0.490 e. The highest BCUT2D eigenvalue weighted by atomic mass is 16.5. The van der Waals surface area contributed by atoms with Gasteiger partial charge in [-0.15, -0.1) is 0 Å². The normalized spacial score (nSPS) is 17.8. The molecule has 2 aromatic carbocycles. The van der Waals surface area contributed by atoms with Gasteiger partial charge in [-0.25, -0.2) is 4.79 Å². The SMILES string of the molecule is CCOc1ccc(CCNC(=O)CN2C(=O)N[C@](C)(c3ccccc3)C2=O)cc1OCC. The van der Waals surface area contributed by atoms with E-state index in [1.54, 1.807) is 31.2 Å². The Morgan fingerprint density at radius 2 is 1.72 bits per heavy atom. The summed E-state index contributed by atoms with van der Waals surface area (Å²) >= 11 is 0. The molecular formula is C24H29N3O5. The molecule has 3 rings (SSSR count). The quantitative estimate of drug-likeness (QED) is 0.555. The van der Waals surface area contributed by atoms with Crippen LogP contribution in [0.1, 0.15) is 31.9 Å². The average Bonchev–Trinajstić information content (AvgIpc) is 3.00. The molecule has 2 aromatic rings. The molecule has 4 amide bonds. The topological polar surface area (TPSA) is 97.0 Å². The fourth-order valence-corrected chi connectivity index (χ4v) is 3.60. The third-order valence-corrected chi connectivity index (χ3v) is 5.27. The Balaban J connectivity index is 1.56. The van der Waals surface area contributed by atoms with E-state index in [1.807, 2.05) is 38.1 Å². The molecule has 1 saturated heterocycles. The number of nitrogens with one attached hydrogen (secondary N) is 2. The molecule has 0 unspecified atom stereocenters. The molecule has 8 nitrogen and oxygen atoms in total. The van der Waals surface area contributed by atoms with Gasteiger partial charge in [0, 0.05) is 6.54 Å². The van der Waals surface area contributed by atoms with E-state index in [1.165, 1.54) is 0 Å². The third-order valence-electron chi connectivity index (χ3n) is 5.27. The average molecular weight is 440 g/mol. The maximum absolute atomic E-state index is 12.9. The largest absolute Gasteiger partial charge is 0.490 e. The number of carbonyl (C=O) groups excluding carboxylic acids is 3. The van der Waals surface area contributed by atoms with Crippen LogP contribution in [-0.2, 0) is 21.5 Å². The summed E-state index contributed by atoms with van der Waals surface area (Å²) in [6.45, 7) is 6.55. The third kappa shape index (κ3) is 5.01. The summed E-state index contributed by atoms with van der Waals surface area (Å²) in [5, 5.41) is 5.47. The molecule has 0 bridgehead atoms. The summed E-state index contributed by atoms with van der Waals surface area (Å²) < 4.78 is 11.2. The van der Waals surface area contributed by atoms with Gasteiger partial charge in [0.05, 0.1) is 13.2 Å². The van der Waals surface area contributed by atoms with Gasteiger partial charge >= 0.3 is 6.03 Å². The van der Waals surface area contributed by atoms with Gasteiger partial charge in [0.15, 0.2) is 11.5 Å². The molecule has 0 spiro atoms. The number of benzene rings is 2. The van der Waals surface area contributed by atoms with Gasteiger partial charge in [0.25, 0.3) is 5.91 Å². The van der Waals surface area contributed by atoms with Crippen LogP contribution in [0.15, 0.2) is 48.5 Å². The Kier molecular flexibility index (Phi) is 7.35. The maximum Gasteiger partial charge on any atom is 0.325 e. The molecule has 1 aliphatic heterocycles. The van der Waals surface area contributed by atoms with Crippen molar-refractivity contribution in [1.82, 2.24) is 15.5 Å². The Morgan fingerprint density at radius 3 is 2.41 bits per heavy atom. The van der Waals surface area contributed by atoms with E-state index >= 15 is 0 Å². The first-order chi connectivity index (χ1) is 15.4. The van der Waals surface area contributed by atoms with Gasteiger partial charge in [-0.3, -0.25) is 14.5 Å². The Hall–Kier alpha value is -3.55. The van der Waals surface area contributed by atoms with Crippen molar-refractivity contribution >= 4 is 17.8 Å². The number of rotatable bonds is 10. The lowest BCUT2D eigenvalue weighted by Crippen LogP contribution is -2.43. The predicted molar refractivity (Wildman–Crippen MR) is 120 cm³/mol. The Morgan fingerprint density at radius 1 is 1.03 bits per heavy atom. The lowest BCUT2D eigenvalue weighted by atomic mass is 9.92. The highest BCUT2D eigenvalue weighted by Gasteiger charge is 2.49. The molecule has 170 valence electrons. The van der Waals surface area contributed by atoms with Crippen LogP contribution >= 0.6 is 0 Å². The van der Waals surface area contributed by atoms with E-state index in [0.29, 0.717) is 43.2 Å². The van der Waals surface area contributed by atoms with Gasteiger partial charge in [-0.05, 0) is 50.5 Å². The summed E-state index contributed by atoms with van der Waals surface area (Å²) in [5.41, 5.74) is 0.460. The second kappa shape index (κ2) is 10.2. The van der Waals surface area contributed by atoms with Crippen LogP contribution in [0.3, 0.4) is 0 Å². The van der Waals surface area contributed by atoms with E-state index in [9.17, 15) is 14.4 Å². The fourth-order valence-electron chi connectivity index (χ4n) is 3.60. The fraction of sp³-hybridized carbons (Fsp3) is 0.375. The molecule has 1 aliphatic rings. The number of hydrogen-bond acceptors (Lipinski definition) is 5. The van der Waals surface area contributed by atoms with Crippen molar-refractivity contribution in [2.75, 3.05) is 26.3 Å². The van der Waals surface area contributed by atoms with Gasteiger partial charge in [0.1, 0.15) is 12.1 Å². The van der Waals surface area contributed by atoms with Gasteiger partial charge < -0.3 is 20.1 Å². The molecule has 2 N–H and O–H groups in total. The van der Waals surface area contributed by atoms with E-state index in [4.69, 9.17) is 9.47 Å². The van der Waals surface area contributed by atoms with E-state index < -0.39 is 23.4 Å². The molecule has 0 aliphatic carbocycles. The molecule has 1 atom stereocenters. The number of hydrogen-bond donors (Lipinski definition) is 2. The number of urea groups is 1. The van der Waals surface area contributed by atoms with Gasteiger partial charge in [-0.2, -0.15) is 0 Å². The van der Waals surface area contributed by atoms with Crippen molar-refractivity contribution in [1.29, 1.82) is 0 Å². The predicted octanol–water partition coefficient (Wildman–Crippen LogP) is 2.61. The highest BCUT2D eigenvalue weighted by Crippen LogP contribution is 2.29. The molecule has 1 heterocycles. The van der Waals surface area contributed by atoms with E-state index in [-0.39, 0.29) is 6.54 Å². The lowest BCUT2D eigenvalue weighted by Gasteiger charge is -2.22. The number of nitrogens with zero attached hydrogens (tertiary/aromatic N) is 1. The van der Waals surface area contributed by atoms with Gasteiger partial charge in [-0.1, -0.05) is 36.4 Å². The molecule has 8 heteroatoms. The molecule has 0 saturated carbocycles. The highest BCUT2D eigenvalue weighted by molar-refractivity contribution is 6.09. The van der Waals surface area contributed by atoms with Crippen LogP contribution < -0.4 is 20.1 Å². The standard InChI is InChI=1S/C24H29N3O5/c1-4-31-19-12-11-17(15-20(19)32-5-2)13-14-25-21(28)16-27-22(29)24(3,26-23(27)30)18-9-7-6-8-10-18/h6-12,15H,4-5,13-14,16H2,1-3H3,(H,25,28)(H,26,30)/t24-/m1/s1. The summed E-state index contributed by atoms with van der Waals surface area (Å²) in [6.07, 6.45) is 0.570. The van der Waals surface area contributed by atoms with Crippen molar-refractivity contribution in [2.24, 2.45) is 0 Å². The first-order valence-electron chi connectivity index (χ1n) is 10.7. The van der Waals surface area contributed by atoms with Crippen LogP contribution in [0.2, 0.25) is 0 Å². The number of carbonyl (C=O) groups is 3. The van der Waals surface area contributed by atoms with Crippen molar-refractivity contribution in [3.8, 4) is 11.5 Å². The maximum atomic E-state index is 12.9. The first-order valence-corrected chi connectivity index (χ1v) is 10.7. The summed E-state index contributed by atoms with van der Waals surface area (Å²) in [4.78, 5) is 38.6. The van der Waals surface area contributed by atoms with Crippen molar-refractivity contribution < 1.29 is 23.9 Å². The Bertz CT molecular complexity index is 979. The second-order valence-electron chi connectivity index (χ2n) is 7.56. The summed E-state index contributed by atoms with van der Waals surface area (Å²) in [7, 11) is 0. The van der Waals surface area contributed by atoms with Crippen molar-refractivity contribution in [3.05, 3.63) is 59.7 Å². The van der Waals surface area contributed by atoms with Crippen LogP contribution in [0.4, 0.5) is 4.79 Å². The van der Waals surface area contributed by atoms with Crippen LogP contribution in [0, 0.1) is 0 Å². The summed E-state index contributed by atoms with van der Waals surface area (Å²) in [6, 6.07) is 14.1. The molecule has 0 aromatic heterocycles. The first kappa shape index (κ1) is 23.1. The number of ether oxygens (including phenoxy) is 2. The zero-order valence-electron chi connectivity index (χ0n) is 18.6. The molecular weight excluding hydrogens is 410 g/mol. The van der Waals surface area contributed by atoms with Crippen molar-refractivity contribution in [2.45, 2.75) is 32.7 Å². The minimum absolute atomic E-state index is 0.333. The zero-order chi connectivity index (χ0) is 23.1. The molecule has 32 heavy (non-hydrogen) atoms. The zero-order valence-corrected chi connectivity index (χ0v) is 18.6.